The maximum atomic E-state index is 6.16. The molecule has 0 saturated heterocycles. The molecule has 94 valence electrons. The lowest BCUT2D eigenvalue weighted by atomic mass is 10.2. The summed E-state index contributed by atoms with van der Waals surface area (Å²) in [5, 5.41) is 4.07. The summed E-state index contributed by atoms with van der Waals surface area (Å²) in [6.07, 6.45) is 0. The van der Waals surface area contributed by atoms with Gasteiger partial charge >= 0.3 is 0 Å². The number of methoxy groups -OCH3 is 1. The predicted octanol–water partition coefficient (Wildman–Crippen LogP) is 4.72. The normalized spacial score (nSPS) is 10.2. The van der Waals surface area contributed by atoms with Gasteiger partial charge in [0.1, 0.15) is 5.75 Å². The van der Waals surface area contributed by atoms with Crippen molar-refractivity contribution >= 4 is 33.2 Å². The second-order valence-corrected chi connectivity index (χ2v) is 5.14. The Hall–Kier alpha value is -1.19. The van der Waals surface area contributed by atoms with Gasteiger partial charge in [-0.2, -0.15) is 0 Å². The van der Waals surface area contributed by atoms with E-state index in [2.05, 4.69) is 21.2 Å². The van der Waals surface area contributed by atoms with Crippen molar-refractivity contribution in [3.05, 3.63) is 57.5 Å². The fraction of sp³-hybridized carbons (Fsp3) is 0.143. The first-order valence-corrected chi connectivity index (χ1v) is 6.68. The molecule has 18 heavy (non-hydrogen) atoms. The molecule has 0 unspecified atom stereocenters. The first-order chi connectivity index (χ1) is 8.69. The average Bonchev–Trinajstić information content (AvgIpc) is 2.38. The summed E-state index contributed by atoms with van der Waals surface area (Å²) < 4.78 is 6.16. The summed E-state index contributed by atoms with van der Waals surface area (Å²) in [4.78, 5) is 0. The third-order valence-electron chi connectivity index (χ3n) is 2.57. The lowest BCUT2D eigenvalue weighted by Gasteiger charge is -2.09. The fourth-order valence-corrected chi connectivity index (χ4v) is 2.34. The number of nitrogens with one attached hydrogen (secondary N) is 1. The minimum atomic E-state index is 0.680. The molecule has 0 aliphatic heterocycles. The Morgan fingerprint density at radius 1 is 1.22 bits per heavy atom. The average molecular weight is 327 g/mol. The van der Waals surface area contributed by atoms with E-state index in [4.69, 9.17) is 16.3 Å². The minimum Gasteiger partial charge on any atom is -0.497 e. The number of hydrogen-bond donors (Lipinski definition) is 1. The van der Waals surface area contributed by atoms with E-state index >= 15 is 0 Å². The Balaban J connectivity index is 2.06. The Kier molecular flexibility index (Phi) is 4.50. The first kappa shape index (κ1) is 13.2. The molecule has 0 fully saturated rings. The zero-order valence-electron chi connectivity index (χ0n) is 9.91. The van der Waals surface area contributed by atoms with E-state index in [1.165, 1.54) is 0 Å². The zero-order chi connectivity index (χ0) is 13.0. The molecule has 2 nitrogen and oxygen atoms in total. The maximum Gasteiger partial charge on any atom is 0.120 e. The Bertz CT molecular complexity index is 545. The van der Waals surface area contributed by atoms with Gasteiger partial charge in [0.25, 0.3) is 0 Å². The number of anilines is 1. The molecule has 2 aromatic rings. The van der Waals surface area contributed by atoms with Crippen LogP contribution >= 0.6 is 27.5 Å². The molecular weight excluding hydrogens is 314 g/mol. The van der Waals surface area contributed by atoms with Gasteiger partial charge in [-0.05, 0) is 29.8 Å². The monoisotopic (exact) mass is 325 g/mol. The molecule has 0 heterocycles. The molecule has 4 heteroatoms. The molecule has 0 aliphatic rings. The van der Waals surface area contributed by atoms with Gasteiger partial charge in [-0.1, -0.05) is 39.7 Å². The zero-order valence-corrected chi connectivity index (χ0v) is 12.3. The molecule has 0 radical (unpaired) electrons. The number of benzene rings is 2. The van der Waals surface area contributed by atoms with Crippen LogP contribution < -0.4 is 10.1 Å². The van der Waals surface area contributed by atoms with Crippen molar-refractivity contribution in [2.75, 3.05) is 12.4 Å². The highest BCUT2D eigenvalue weighted by Crippen LogP contribution is 2.23. The predicted molar refractivity (Wildman–Crippen MR) is 79.5 cm³/mol. The van der Waals surface area contributed by atoms with Crippen LogP contribution in [-0.2, 0) is 6.54 Å². The van der Waals surface area contributed by atoms with Gasteiger partial charge in [-0.3, -0.25) is 0 Å². The second kappa shape index (κ2) is 6.12. The van der Waals surface area contributed by atoms with Crippen LogP contribution in [-0.4, -0.2) is 7.11 Å². The van der Waals surface area contributed by atoms with Gasteiger partial charge < -0.3 is 10.1 Å². The van der Waals surface area contributed by atoms with Crippen LogP contribution in [0.25, 0.3) is 0 Å². The van der Waals surface area contributed by atoms with Gasteiger partial charge in [0.05, 0.1) is 7.11 Å². The molecule has 0 bridgehead atoms. The van der Waals surface area contributed by atoms with E-state index in [1.54, 1.807) is 7.11 Å². The van der Waals surface area contributed by atoms with Crippen LogP contribution in [0.4, 0.5) is 5.69 Å². The second-order valence-electron chi connectivity index (χ2n) is 3.82. The molecule has 1 N–H and O–H groups in total. The van der Waals surface area contributed by atoms with Crippen molar-refractivity contribution in [3.63, 3.8) is 0 Å². The standard InChI is InChI=1S/C14H13BrClNO/c1-18-13-4-2-3-12(8-13)17-9-10-5-6-11(15)7-14(10)16/h2-8,17H,9H2,1H3. The molecule has 2 rings (SSSR count). The lowest BCUT2D eigenvalue weighted by Crippen LogP contribution is -2.00. The third-order valence-corrected chi connectivity index (χ3v) is 3.41. The summed E-state index contributed by atoms with van der Waals surface area (Å²) in [6.45, 7) is 0.680. The van der Waals surface area contributed by atoms with Crippen molar-refractivity contribution in [1.29, 1.82) is 0 Å². The Morgan fingerprint density at radius 3 is 2.78 bits per heavy atom. The molecule has 0 amide bonds. The largest absolute Gasteiger partial charge is 0.497 e. The van der Waals surface area contributed by atoms with Crippen LogP contribution in [0.15, 0.2) is 46.9 Å². The smallest absolute Gasteiger partial charge is 0.120 e. The minimum absolute atomic E-state index is 0.680. The van der Waals surface area contributed by atoms with Gasteiger partial charge in [0, 0.05) is 27.8 Å². The van der Waals surface area contributed by atoms with Crippen LogP contribution in [0.5, 0.6) is 5.75 Å². The Morgan fingerprint density at radius 2 is 2.06 bits per heavy atom. The summed E-state index contributed by atoms with van der Waals surface area (Å²) in [6, 6.07) is 13.7. The van der Waals surface area contributed by atoms with Crippen molar-refractivity contribution in [2.24, 2.45) is 0 Å². The number of ether oxygens (including phenoxy) is 1. The van der Waals surface area contributed by atoms with Crippen molar-refractivity contribution in [1.82, 2.24) is 0 Å². The van der Waals surface area contributed by atoms with E-state index < -0.39 is 0 Å². The highest BCUT2D eigenvalue weighted by molar-refractivity contribution is 9.10. The van der Waals surface area contributed by atoms with Crippen LogP contribution in [0, 0.1) is 0 Å². The maximum absolute atomic E-state index is 6.16. The molecule has 0 aliphatic carbocycles. The highest BCUT2D eigenvalue weighted by atomic mass is 79.9. The van der Waals surface area contributed by atoms with E-state index in [0.717, 1.165) is 26.5 Å². The van der Waals surface area contributed by atoms with Gasteiger partial charge in [-0.25, -0.2) is 0 Å². The number of rotatable bonds is 4. The third kappa shape index (κ3) is 3.40. The fourth-order valence-electron chi connectivity index (χ4n) is 1.60. The summed E-state index contributed by atoms with van der Waals surface area (Å²) >= 11 is 9.55. The van der Waals surface area contributed by atoms with Gasteiger partial charge in [0.15, 0.2) is 0 Å². The van der Waals surface area contributed by atoms with Crippen LogP contribution in [0.3, 0.4) is 0 Å². The van der Waals surface area contributed by atoms with E-state index in [9.17, 15) is 0 Å². The quantitative estimate of drug-likeness (QED) is 0.877. The molecule has 0 saturated carbocycles. The topological polar surface area (TPSA) is 21.3 Å². The first-order valence-electron chi connectivity index (χ1n) is 5.51. The number of halogens is 2. The van der Waals surface area contributed by atoms with Crippen molar-refractivity contribution in [3.8, 4) is 5.75 Å². The molecule has 0 aromatic heterocycles. The lowest BCUT2D eigenvalue weighted by molar-refractivity contribution is 0.415. The molecule has 2 aromatic carbocycles. The Labute approximate surface area is 120 Å². The van der Waals surface area contributed by atoms with Crippen LogP contribution in [0.2, 0.25) is 5.02 Å². The summed E-state index contributed by atoms with van der Waals surface area (Å²) in [5.41, 5.74) is 2.07. The van der Waals surface area contributed by atoms with E-state index in [1.807, 2.05) is 42.5 Å². The van der Waals surface area contributed by atoms with Gasteiger partial charge in [-0.15, -0.1) is 0 Å². The summed E-state index contributed by atoms with van der Waals surface area (Å²) in [5.74, 6) is 0.835. The molecular formula is C14H13BrClNO. The van der Waals surface area contributed by atoms with E-state index in [-0.39, 0.29) is 0 Å². The number of hydrogen-bond acceptors (Lipinski definition) is 2. The van der Waals surface area contributed by atoms with Crippen molar-refractivity contribution in [2.45, 2.75) is 6.54 Å². The summed E-state index contributed by atoms with van der Waals surface area (Å²) in [7, 11) is 1.66. The van der Waals surface area contributed by atoms with Crippen molar-refractivity contribution < 1.29 is 4.74 Å². The van der Waals surface area contributed by atoms with E-state index in [0.29, 0.717) is 6.54 Å². The van der Waals surface area contributed by atoms with Gasteiger partial charge in [0.2, 0.25) is 0 Å². The van der Waals surface area contributed by atoms with Crippen LogP contribution in [0.1, 0.15) is 5.56 Å². The highest BCUT2D eigenvalue weighted by Gasteiger charge is 2.01. The SMILES string of the molecule is COc1cccc(NCc2ccc(Br)cc2Cl)c1. The molecule has 0 spiro atoms. The molecule has 0 atom stereocenters.